The molecule has 1 fully saturated rings. The molecule has 1 atom stereocenters. The summed E-state index contributed by atoms with van der Waals surface area (Å²) in [5.41, 5.74) is 2.27. The van der Waals surface area contributed by atoms with E-state index in [1.165, 1.54) is 5.56 Å². The first-order chi connectivity index (χ1) is 8.58. The van der Waals surface area contributed by atoms with E-state index in [1.54, 1.807) is 6.92 Å². The Morgan fingerprint density at radius 3 is 3.00 bits per heavy atom. The third-order valence-electron chi connectivity index (χ3n) is 3.46. The summed E-state index contributed by atoms with van der Waals surface area (Å²) in [6, 6.07) is 6.36. The largest absolute Gasteiger partial charge is 0.337 e. The predicted molar refractivity (Wildman–Crippen MR) is 73.9 cm³/mol. The van der Waals surface area contributed by atoms with Crippen LogP contribution in [0.3, 0.4) is 0 Å². The van der Waals surface area contributed by atoms with Crippen molar-refractivity contribution in [1.82, 2.24) is 10.2 Å². The summed E-state index contributed by atoms with van der Waals surface area (Å²) >= 11 is 6.13. The molecule has 1 unspecified atom stereocenters. The molecule has 0 bridgehead atoms. The summed E-state index contributed by atoms with van der Waals surface area (Å²) in [6.45, 7) is 6.16. The van der Waals surface area contributed by atoms with Crippen molar-refractivity contribution in [2.24, 2.45) is 0 Å². The van der Waals surface area contributed by atoms with Gasteiger partial charge < -0.3 is 10.2 Å². The van der Waals surface area contributed by atoms with E-state index in [9.17, 15) is 4.79 Å². The molecule has 1 aromatic rings. The van der Waals surface area contributed by atoms with Crippen molar-refractivity contribution in [3.63, 3.8) is 0 Å². The SMILES string of the molecule is CC(=O)N1CCNCC1Cc1ccc(C)c(Cl)c1. The zero-order valence-electron chi connectivity index (χ0n) is 10.9. The summed E-state index contributed by atoms with van der Waals surface area (Å²) in [6.07, 6.45) is 0.854. The maximum Gasteiger partial charge on any atom is 0.219 e. The fourth-order valence-electron chi connectivity index (χ4n) is 2.39. The van der Waals surface area contributed by atoms with Crippen LogP contribution in [0.1, 0.15) is 18.1 Å². The first-order valence-electron chi connectivity index (χ1n) is 6.31. The van der Waals surface area contributed by atoms with E-state index >= 15 is 0 Å². The van der Waals surface area contributed by atoms with Crippen LogP contribution in [0, 0.1) is 6.92 Å². The molecule has 3 nitrogen and oxygen atoms in total. The number of hydrogen-bond acceptors (Lipinski definition) is 2. The molecule has 2 rings (SSSR count). The molecule has 4 heteroatoms. The molecule has 0 spiro atoms. The fourth-order valence-corrected chi connectivity index (χ4v) is 2.60. The maximum atomic E-state index is 11.6. The van der Waals surface area contributed by atoms with E-state index in [0.717, 1.165) is 36.6 Å². The van der Waals surface area contributed by atoms with E-state index in [4.69, 9.17) is 11.6 Å². The van der Waals surface area contributed by atoms with Crippen LogP contribution < -0.4 is 5.32 Å². The van der Waals surface area contributed by atoms with E-state index < -0.39 is 0 Å². The molecule has 1 amide bonds. The van der Waals surface area contributed by atoms with Crippen LogP contribution in [-0.2, 0) is 11.2 Å². The van der Waals surface area contributed by atoms with Crippen molar-refractivity contribution >= 4 is 17.5 Å². The molecule has 1 saturated heterocycles. The Balaban J connectivity index is 2.10. The molecule has 1 aliphatic rings. The highest BCUT2D eigenvalue weighted by atomic mass is 35.5. The van der Waals surface area contributed by atoms with Crippen molar-refractivity contribution in [1.29, 1.82) is 0 Å². The molecule has 1 aliphatic heterocycles. The third-order valence-corrected chi connectivity index (χ3v) is 3.87. The monoisotopic (exact) mass is 266 g/mol. The number of hydrogen-bond donors (Lipinski definition) is 1. The van der Waals surface area contributed by atoms with Gasteiger partial charge in [-0.2, -0.15) is 0 Å². The summed E-state index contributed by atoms with van der Waals surface area (Å²) in [5, 5.41) is 4.14. The van der Waals surface area contributed by atoms with Crippen LogP contribution in [0.4, 0.5) is 0 Å². The van der Waals surface area contributed by atoms with Crippen molar-refractivity contribution in [2.45, 2.75) is 26.3 Å². The van der Waals surface area contributed by atoms with Gasteiger partial charge in [-0.3, -0.25) is 4.79 Å². The second-order valence-corrected chi connectivity index (χ2v) is 5.27. The van der Waals surface area contributed by atoms with Gasteiger partial charge in [-0.05, 0) is 30.5 Å². The van der Waals surface area contributed by atoms with Gasteiger partial charge in [0.25, 0.3) is 0 Å². The van der Waals surface area contributed by atoms with E-state index in [0.29, 0.717) is 0 Å². The molecule has 1 aromatic carbocycles. The van der Waals surface area contributed by atoms with Gasteiger partial charge in [-0.15, -0.1) is 0 Å². The number of nitrogens with zero attached hydrogens (tertiary/aromatic N) is 1. The summed E-state index contributed by atoms with van der Waals surface area (Å²) < 4.78 is 0. The molecule has 1 N–H and O–H groups in total. The van der Waals surface area contributed by atoms with Crippen LogP contribution in [0.5, 0.6) is 0 Å². The topological polar surface area (TPSA) is 32.3 Å². The Kier molecular flexibility index (Phi) is 4.25. The average molecular weight is 267 g/mol. The summed E-state index contributed by atoms with van der Waals surface area (Å²) in [4.78, 5) is 13.5. The molecule has 0 radical (unpaired) electrons. The molecule has 0 saturated carbocycles. The molecule has 0 aliphatic carbocycles. The van der Waals surface area contributed by atoms with E-state index in [1.807, 2.05) is 24.0 Å². The zero-order valence-corrected chi connectivity index (χ0v) is 11.6. The molecule has 0 aromatic heterocycles. The zero-order chi connectivity index (χ0) is 13.1. The Morgan fingerprint density at radius 1 is 1.56 bits per heavy atom. The van der Waals surface area contributed by atoms with Crippen LogP contribution in [0.25, 0.3) is 0 Å². The highest BCUT2D eigenvalue weighted by molar-refractivity contribution is 6.31. The first-order valence-corrected chi connectivity index (χ1v) is 6.68. The minimum atomic E-state index is 0.153. The second-order valence-electron chi connectivity index (χ2n) is 4.86. The maximum absolute atomic E-state index is 11.6. The van der Waals surface area contributed by atoms with Gasteiger partial charge in [-0.25, -0.2) is 0 Å². The normalized spacial score (nSPS) is 19.9. The van der Waals surface area contributed by atoms with Gasteiger partial charge in [0.2, 0.25) is 5.91 Å². The van der Waals surface area contributed by atoms with E-state index in [-0.39, 0.29) is 11.9 Å². The molecule has 18 heavy (non-hydrogen) atoms. The quantitative estimate of drug-likeness (QED) is 0.888. The van der Waals surface area contributed by atoms with Crippen LogP contribution >= 0.6 is 11.6 Å². The molecule has 1 heterocycles. The minimum absolute atomic E-state index is 0.153. The number of halogens is 1. The standard InChI is InChI=1S/C14H19ClN2O/c1-10-3-4-12(8-14(10)15)7-13-9-16-5-6-17(13)11(2)18/h3-4,8,13,16H,5-7,9H2,1-2H3. The average Bonchev–Trinajstić information content (AvgIpc) is 2.34. The number of carbonyl (C=O) groups is 1. The van der Waals surface area contributed by atoms with Gasteiger partial charge in [0.15, 0.2) is 0 Å². The highest BCUT2D eigenvalue weighted by Crippen LogP contribution is 2.19. The highest BCUT2D eigenvalue weighted by Gasteiger charge is 2.24. The number of piperazine rings is 1. The van der Waals surface area contributed by atoms with Gasteiger partial charge in [0.05, 0.1) is 0 Å². The predicted octanol–water partition coefficient (Wildman–Crippen LogP) is 2.01. The Hall–Kier alpha value is -1.06. The van der Waals surface area contributed by atoms with E-state index in [2.05, 4.69) is 11.4 Å². The van der Waals surface area contributed by atoms with Gasteiger partial charge in [0.1, 0.15) is 0 Å². The smallest absolute Gasteiger partial charge is 0.219 e. The van der Waals surface area contributed by atoms with Gasteiger partial charge in [-0.1, -0.05) is 23.7 Å². The Bertz CT molecular complexity index is 447. The lowest BCUT2D eigenvalue weighted by Gasteiger charge is -2.35. The van der Waals surface area contributed by atoms with Crippen molar-refractivity contribution in [3.8, 4) is 0 Å². The Labute approximate surface area is 113 Å². The molecular weight excluding hydrogens is 248 g/mol. The summed E-state index contributed by atoms with van der Waals surface area (Å²) in [7, 11) is 0. The number of aryl methyl sites for hydroxylation is 1. The third kappa shape index (κ3) is 3.03. The number of rotatable bonds is 2. The van der Waals surface area contributed by atoms with Crippen molar-refractivity contribution < 1.29 is 4.79 Å². The first kappa shape index (κ1) is 13.4. The molecular formula is C14H19ClN2O. The lowest BCUT2D eigenvalue weighted by Crippen LogP contribution is -2.53. The van der Waals surface area contributed by atoms with Gasteiger partial charge >= 0.3 is 0 Å². The number of nitrogens with one attached hydrogen (secondary N) is 1. The fraction of sp³-hybridized carbons (Fsp3) is 0.500. The summed E-state index contributed by atoms with van der Waals surface area (Å²) in [5.74, 6) is 0.153. The number of amides is 1. The van der Waals surface area contributed by atoms with Crippen LogP contribution in [-0.4, -0.2) is 36.5 Å². The minimum Gasteiger partial charge on any atom is -0.337 e. The number of carbonyl (C=O) groups excluding carboxylic acids is 1. The lowest BCUT2D eigenvalue weighted by molar-refractivity contribution is -0.131. The van der Waals surface area contributed by atoms with Crippen LogP contribution in [0.2, 0.25) is 5.02 Å². The second kappa shape index (κ2) is 5.72. The van der Waals surface area contributed by atoms with Crippen molar-refractivity contribution in [2.75, 3.05) is 19.6 Å². The van der Waals surface area contributed by atoms with Crippen molar-refractivity contribution in [3.05, 3.63) is 34.3 Å². The number of benzene rings is 1. The lowest BCUT2D eigenvalue weighted by atomic mass is 10.0. The Morgan fingerprint density at radius 2 is 2.33 bits per heavy atom. The van der Waals surface area contributed by atoms with Gasteiger partial charge in [0, 0.05) is 37.6 Å². The van der Waals surface area contributed by atoms with Crippen LogP contribution in [0.15, 0.2) is 18.2 Å². The molecule has 98 valence electrons.